The third kappa shape index (κ3) is 2.19. The van der Waals surface area contributed by atoms with Crippen molar-refractivity contribution < 1.29 is 5.11 Å². The number of pyridine rings is 1. The number of nitrogens with one attached hydrogen (secondary N) is 1. The van der Waals surface area contributed by atoms with E-state index in [9.17, 15) is 0 Å². The van der Waals surface area contributed by atoms with Crippen LogP contribution in [0.5, 0.6) is 0 Å². The molecule has 0 bridgehead atoms. The minimum absolute atomic E-state index is 0.0741. The van der Waals surface area contributed by atoms with E-state index in [1.807, 2.05) is 17.8 Å². The molecule has 1 aliphatic rings. The molecule has 1 saturated heterocycles. The minimum Gasteiger partial charge on any atom is -0.392 e. The van der Waals surface area contributed by atoms with Gasteiger partial charge in [-0.15, -0.1) is 0 Å². The van der Waals surface area contributed by atoms with Crippen LogP contribution in [-0.4, -0.2) is 27.6 Å². The van der Waals surface area contributed by atoms with Gasteiger partial charge in [0.25, 0.3) is 0 Å². The Morgan fingerprint density at radius 2 is 2.57 bits per heavy atom. The largest absolute Gasteiger partial charge is 0.392 e. The molecule has 14 heavy (non-hydrogen) atoms. The molecule has 2 heterocycles. The van der Waals surface area contributed by atoms with Crippen molar-refractivity contribution in [1.82, 2.24) is 4.98 Å². The van der Waals surface area contributed by atoms with Gasteiger partial charge in [-0.2, -0.15) is 11.8 Å². The van der Waals surface area contributed by atoms with E-state index in [0.29, 0.717) is 6.04 Å². The van der Waals surface area contributed by atoms with E-state index >= 15 is 0 Å². The number of hydrogen-bond acceptors (Lipinski definition) is 4. The van der Waals surface area contributed by atoms with E-state index in [1.165, 1.54) is 12.2 Å². The molecular weight excluding hydrogens is 196 g/mol. The van der Waals surface area contributed by atoms with Crippen LogP contribution in [0.4, 0.5) is 5.69 Å². The second-order valence-corrected chi connectivity index (χ2v) is 4.55. The predicted octanol–water partition coefficient (Wildman–Crippen LogP) is 1.49. The number of thioether (sulfide) groups is 1. The molecule has 0 amide bonds. The first-order valence-corrected chi connectivity index (χ1v) is 5.93. The molecule has 0 aromatic carbocycles. The normalized spacial score (nSPS) is 21.1. The number of nitrogens with zero attached hydrogens (tertiary/aromatic N) is 1. The van der Waals surface area contributed by atoms with Crippen molar-refractivity contribution in [3.63, 3.8) is 0 Å². The molecule has 0 spiro atoms. The van der Waals surface area contributed by atoms with Crippen LogP contribution in [0, 0.1) is 0 Å². The molecule has 1 atom stereocenters. The number of rotatable bonds is 3. The Labute approximate surface area is 87.9 Å². The standard InChI is InChI=1S/C10H14N2OS/c13-6-8-1-3-11-5-10(8)12-9-2-4-14-7-9/h1,3,5,9,12-13H,2,4,6-7H2. The Balaban J connectivity index is 2.07. The first-order valence-electron chi connectivity index (χ1n) is 4.78. The van der Waals surface area contributed by atoms with Gasteiger partial charge in [0.05, 0.1) is 18.5 Å². The zero-order chi connectivity index (χ0) is 9.80. The highest BCUT2D eigenvalue weighted by molar-refractivity contribution is 7.99. The lowest BCUT2D eigenvalue weighted by Gasteiger charge is -2.14. The summed E-state index contributed by atoms with van der Waals surface area (Å²) in [5.41, 5.74) is 1.90. The highest BCUT2D eigenvalue weighted by Gasteiger charge is 2.15. The molecule has 0 radical (unpaired) electrons. The minimum atomic E-state index is 0.0741. The summed E-state index contributed by atoms with van der Waals surface area (Å²) >= 11 is 1.97. The third-order valence-electron chi connectivity index (χ3n) is 2.37. The zero-order valence-electron chi connectivity index (χ0n) is 7.94. The molecule has 4 heteroatoms. The van der Waals surface area contributed by atoms with Gasteiger partial charge < -0.3 is 10.4 Å². The number of aliphatic hydroxyl groups is 1. The smallest absolute Gasteiger partial charge is 0.0703 e. The molecule has 0 saturated carbocycles. The van der Waals surface area contributed by atoms with Crippen molar-refractivity contribution in [3.8, 4) is 0 Å². The fraction of sp³-hybridized carbons (Fsp3) is 0.500. The number of hydrogen-bond donors (Lipinski definition) is 2. The van der Waals surface area contributed by atoms with E-state index in [1.54, 1.807) is 12.4 Å². The molecule has 2 rings (SSSR count). The second-order valence-electron chi connectivity index (χ2n) is 3.40. The summed E-state index contributed by atoms with van der Waals surface area (Å²) in [6.07, 6.45) is 4.69. The second kappa shape index (κ2) is 4.66. The van der Waals surface area contributed by atoms with Crippen molar-refractivity contribution in [1.29, 1.82) is 0 Å². The summed E-state index contributed by atoms with van der Waals surface area (Å²) in [6.45, 7) is 0.0741. The Morgan fingerprint density at radius 3 is 3.29 bits per heavy atom. The summed E-state index contributed by atoms with van der Waals surface area (Å²) < 4.78 is 0. The highest BCUT2D eigenvalue weighted by Crippen LogP contribution is 2.22. The predicted molar refractivity (Wildman–Crippen MR) is 59.5 cm³/mol. The molecule has 1 unspecified atom stereocenters. The number of anilines is 1. The average Bonchev–Trinajstić information content (AvgIpc) is 2.71. The Kier molecular flexibility index (Phi) is 3.26. The van der Waals surface area contributed by atoms with Crippen LogP contribution in [-0.2, 0) is 6.61 Å². The molecule has 76 valence electrons. The van der Waals surface area contributed by atoms with Crippen LogP contribution in [0.2, 0.25) is 0 Å². The van der Waals surface area contributed by atoms with Crippen LogP contribution in [0.15, 0.2) is 18.5 Å². The lowest BCUT2D eigenvalue weighted by Crippen LogP contribution is -2.19. The van der Waals surface area contributed by atoms with Crippen molar-refractivity contribution in [2.75, 3.05) is 16.8 Å². The van der Waals surface area contributed by atoms with E-state index in [2.05, 4.69) is 10.3 Å². The van der Waals surface area contributed by atoms with Gasteiger partial charge in [0, 0.05) is 23.6 Å². The molecule has 3 nitrogen and oxygen atoms in total. The number of aliphatic hydroxyl groups excluding tert-OH is 1. The van der Waals surface area contributed by atoms with Gasteiger partial charge in [0.2, 0.25) is 0 Å². The monoisotopic (exact) mass is 210 g/mol. The van der Waals surface area contributed by atoms with Crippen molar-refractivity contribution in [3.05, 3.63) is 24.0 Å². The average molecular weight is 210 g/mol. The van der Waals surface area contributed by atoms with Crippen LogP contribution >= 0.6 is 11.8 Å². The molecule has 1 aliphatic heterocycles. The highest BCUT2D eigenvalue weighted by atomic mass is 32.2. The molecule has 1 fully saturated rings. The fourth-order valence-electron chi connectivity index (χ4n) is 1.56. The maximum absolute atomic E-state index is 9.12. The van der Waals surface area contributed by atoms with Crippen LogP contribution in [0.1, 0.15) is 12.0 Å². The Bertz CT molecular complexity index is 300. The van der Waals surface area contributed by atoms with Crippen molar-refractivity contribution in [2.45, 2.75) is 19.1 Å². The van der Waals surface area contributed by atoms with Crippen molar-refractivity contribution in [2.24, 2.45) is 0 Å². The van der Waals surface area contributed by atoms with Crippen LogP contribution in [0.25, 0.3) is 0 Å². The Hall–Kier alpha value is -0.740. The first kappa shape index (κ1) is 9.80. The zero-order valence-corrected chi connectivity index (χ0v) is 8.76. The van der Waals surface area contributed by atoms with E-state index < -0.39 is 0 Å². The van der Waals surface area contributed by atoms with Gasteiger partial charge in [-0.1, -0.05) is 0 Å². The quantitative estimate of drug-likeness (QED) is 0.793. The topological polar surface area (TPSA) is 45.2 Å². The molecule has 1 aromatic heterocycles. The first-order chi connectivity index (χ1) is 6.90. The van der Waals surface area contributed by atoms with Gasteiger partial charge in [0.1, 0.15) is 0 Å². The summed E-state index contributed by atoms with van der Waals surface area (Å²) in [5.74, 6) is 2.38. The Morgan fingerprint density at radius 1 is 1.64 bits per heavy atom. The van der Waals surface area contributed by atoms with Gasteiger partial charge in [-0.3, -0.25) is 4.98 Å². The SMILES string of the molecule is OCc1ccncc1NC1CCSC1. The fourth-order valence-corrected chi connectivity index (χ4v) is 2.71. The maximum atomic E-state index is 9.12. The van der Waals surface area contributed by atoms with E-state index in [-0.39, 0.29) is 6.61 Å². The van der Waals surface area contributed by atoms with Gasteiger partial charge in [-0.05, 0) is 18.2 Å². The lowest BCUT2D eigenvalue weighted by molar-refractivity contribution is 0.282. The molecule has 1 aromatic rings. The van der Waals surface area contributed by atoms with Crippen LogP contribution < -0.4 is 5.32 Å². The van der Waals surface area contributed by atoms with Gasteiger partial charge in [0.15, 0.2) is 0 Å². The van der Waals surface area contributed by atoms with Gasteiger partial charge in [-0.25, -0.2) is 0 Å². The lowest BCUT2D eigenvalue weighted by atomic mass is 10.2. The number of aromatic nitrogens is 1. The van der Waals surface area contributed by atoms with Crippen molar-refractivity contribution >= 4 is 17.4 Å². The molecule has 0 aliphatic carbocycles. The molecular formula is C10H14N2OS. The third-order valence-corrected chi connectivity index (χ3v) is 3.53. The van der Waals surface area contributed by atoms with Crippen LogP contribution in [0.3, 0.4) is 0 Å². The van der Waals surface area contributed by atoms with E-state index in [4.69, 9.17) is 5.11 Å². The molecule has 2 N–H and O–H groups in total. The summed E-state index contributed by atoms with van der Waals surface area (Å²) in [7, 11) is 0. The summed E-state index contributed by atoms with van der Waals surface area (Å²) in [5, 5.41) is 12.5. The summed E-state index contributed by atoms with van der Waals surface area (Å²) in [4.78, 5) is 4.05. The van der Waals surface area contributed by atoms with Gasteiger partial charge >= 0.3 is 0 Å². The van der Waals surface area contributed by atoms with E-state index in [0.717, 1.165) is 17.0 Å². The summed E-state index contributed by atoms with van der Waals surface area (Å²) in [6, 6.07) is 2.39. The maximum Gasteiger partial charge on any atom is 0.0703 e.